The highest BCUT2D eigenvalue weighted by atomic mass is 32.2. The van der Waals surface area contributed by atoms with E-state index >= 15 is 0 Å². The summed E-state index contributed by atoms with van der Waals surface area (Å²) in [7, 11) is 0. The molecule has 4 aliphatic rings. The minimum absolute atomic E-state index is 0.0670. The number of aromatic nitrogens is 2. The maximum Gasteiger partial charge on any atom is 0.233 e. The minimum atomic E-state index is -0.168. The van der Waals surface area contributed by atoms with Gasteiger partial charge in [0.15, 0.2) is 4.34 Å². The summed E-state index contributed by atoms with van der Waals surface area (Å²) in [5.74, 6) is 3.50. The highest BCUT2D eigenvalue weighted by Gasteiger charge is 2.51. The molecule has 0 aromatic carbocycles. The summed E-state index contributed by atoms with van der Waals surface area (Å²) in [6.07, 6.45) is 9.36. The van der Waals surface area contributed by atoms with Gasteiger partial charge in [-0.2, -0.15) is 0 Å². The summed E-state index contributed by atoms with van der Waals surface area (Å²) in [4.78, 5) is 12.9. The van der Waals surface area contributed by atoms with E-state index in [4.69, 9.17) is 4.42 Å². The van der Waals surface area contributed by atoms with Crippen LogP contribution in [0.1, 0.15) is 51.2 Å². The molecule has 2 aromatic heterocycles. The zero-order chi connectivity index (χ0) is 19.1. The Morgan fingerprint density at radius 1 is 1.29 bits per heavy atom. The van der Waals surface area contributed by atoms with E-state index in [1.807, 2.05) is 19.1 Å². The third kappa shape index (κ3) is 3.81. The van der Waals surface area contributed by atoms with Crippen molar-refractivity contribution in [3.05, 3.63) is 24.2 Å². The third-order valence-corrected chi connectivity index (χ3v) is 8.54. The van der Waals surface area contributed by atoms with E-state index < -0.39 is 0 Å². The molecule has 0 spiro atoms. The molecular weight excluding hydrogens is 392 g/mol. The SMILES string of the molecule is C[C@H](Sc1nnc(NCc2ccco2)s1)C(=O)NC12CC3CC(CC(C3)C1)C2. The van der Waals surface area contributed by atoms with Crippen molar-refractivity contribution < 1.29 is 9.21 Å². The van der Waals surface area contributed by atoms with Gasteiger partial charge < -0.3 is 15.1 Å². The molecule has 4 aliphatic carbocycles. The second-order valence-electron chi connectivity index (χ2n) is 8.75. The van der Waals surface area contributed by atoms with Crippen LogP contribution in [0.4, 0.5) is 5.13 Å². The monoisotopic (exact) mass is 418 g/mol. The maximum absolute atomic E-state index is 12.9. The lowest BCUT2D eigenvalue weighted by molar-refractivity contribution is -0.126. The fourth-order valence-electron chi connectivity index (χ4n) is 5.74. The Balaban J connectivity index is 1.16. The van der Waals surface area contributed by atoms with Gasteiger partial charge in [0.1, 0.15) is 5.76 Å². The van der Waals surface area contributed by atoms with Crippen molar-refractivity contribution in [1.82, 2.24) is 15.5 Å². The van der Waals surface area contributed by atoms with Crippen molar-refractivity contribution >= 4 is 34.1 Å². The molecule has 150 valence electrons. The van der Waals surface area contributed by atoms with Crippen molar-refractivity contribution in [1.29, 1.82) is 0 Å². The van der Waals surface area contributed by atoms with Crippen molar-refractivity contribution in [2.45, 2.75) is 67.1 Å². The first-order valence-corrected chi connectivity index (χ1v) is 11.8. The normalized spacial score (nSPS) is 31.7. The Labute approximate surface area is 173 Å². The standard InChI is InChI=1S/C20H26N4O2S2/c1-12(27-19-24-23-18(28-19)21-11-16-3-2-4-26-16)17(25)22-20-8-13-5-14(9-20)7-15(6-13)10-20/h2-4,12-15H,5-11H2,1H3,(H,21,23)(H,22,25)/t12-,13?,14?,15?,20?/m0/s1. The van der Waals surface area contributed by atoms with Crippen LogP contribution in [0.5, 0.6) is 0 Å². The van der Waals surface area contributed by atoms with E-state index in [1.165, 1.54) is 61.6 Å². The average Bonchev–Trinajstić information content (AvgIpc) is 3.30. The van der Waals surface area contributed by atoms with E-state index in [-0.39, 0.29) is 16.7 Å². The lowest BCUT2D eigenvalue weighted by Crippen LogP contribution is -2.60. The molecule has 1 atom stereocenters. The number of nitrogens with one attached hydrogen (secondary N) is 2. The van der Waals surface area contributed by atoms with Gasteiger partial charge in [0.25, 0.3) is 0 Å². The van der Waals surface area contributed by atoms with Crippen LogP contribution in [0.15, 0.2) is 27.2 Å². The highest BCUT2D eigenvalue weighted by Crippen LogP contribution is 2.55. The number of furan rings is 1. The van der Waals surface area contributed by atoms with Gasteiger partial charge in [-0.3, -0.25) is 4.79 Å². The van der Waals surface area contributed by atoms with Crippen molar-refractivity contribution in [2.75, 3.05) is 5.32 Å². The molecule has 0 aliphatic heterocycles. The second kappa shape index (κ2) is 7.37. The van der Waals surface area contributed by atoms with Crippen LogP contribution in [-0.2, 0) is 11.3 Å². The quantitative estimate of drug-likeness (QED) is 0.652. The van der Waals surface area contributed by atoms with Crippen LogP contribution in [-0.4, -0.2) is 26.9 Å². The van der Waals surface area contributed by atoms with Gasteiger partial charge in [0.05, 0.1) is 18.1 Å². The molecule has 2 N–H and O–H groups in total. The maximum atomic E-state index is 12.9. The average molecular weight is 419 g/mol. The summed E-state index contributed by atoms with van der Waals surface area (Å²) in [5, 5.41) is 15.6. The number of rotatable bonds is 7. The molecule has 6 rings (SSSR count). The predicted octanol–water partition coefficient (Wildman–Crippen LogP) is 4.31. The minimum Gasteiger partial charge on any atom is -0.467 e. The van der Waals surface area contributed by atoms with E-state index in [2.05, 4.69) is 20.8 Å². The first-order valence-electron chi connectivity index (χ1n) is 10.2. The van der Waals surface area contributed by atoms with E-state index in [9.17, 15) is 4.79 Å². The lowest BCUT2D eigenvalue weighted by Gasteiger charge is -2.57. The van der Waals surface area contributed by atoms with Crippen LogP contribution in [0.2, 0.25) is 0 Å². The van der Waals surface area contributed by atoms with Gasteiger partial charge in [0, 0.05) is 5.54 Å². The molecule has 0 saturated heterocycles. The second-order valence-corrected chi connectivity index (χ2v) is 11.3. The Morgan fingerprint density at radius 3 is 2.64 bits per heavy atom. The summed E-state index contributed by atoms with van der Waals surface area (Å²) in [6.45, 7) is 2.55. The zero-order valence-electron chi connectivity index (χ0n) is 16.0. The van der Waals surface area contributed by atoms with Gasteiger partial charge >= 0.3 is 0 Å². The van der Waals surface area contributed by atoms with Gasteiger partial charge in [0.2, 0.25) is 11.0 Å². The number of thioether (sulfide) groups is 1. The van der Waals surface area contributed by atoms with Crippen molar-refractivity contribution in [3.8, 4) is 0 Å². The van der Waals surface area contributed by atoms with Gasteiger partial charge in [-0.25, -0.2) is 0 Å². The van der Waals surface area contributed by atoms with Gasteiger partial charge in [-0.15, -0.1) is 10.2 Å². The largest absolute Gasteiger partial charge is 0.467 e. The molecule has 2 heterocycles. The highest BCUT2D eigenvalue weighted by molar-refractivity contribution is 8.02. The molecule has 0 unspecified atom stereocenters. The van der Waals surface area contributed by atoms with Gasteiger partial charge in [-0.1, -0.05) is 23.1 Å². The van der Waals surface area contributed by atoms with Crippen LogP contribution >= 0.6 is 23.1 Å². The predicted molar refractivity (Wildman–Crippen MR) is 110 cm³/mol. The molecule has 4 saturated carbocycles. The van der Waals surface area contributed by atoms with E-state index in [0.29, 0.717) is 6.54 Å². The van der Waals surface area contributed by atoms with Crippen molar-refractivity contribution in [3.63, 3.8) is 0 Å². The van der Waals surface area contributed by atoms with Crippen LogP contribution in [0, 0.1) is 17.8 Å². The summed E-state index contributed by atoms with van der Waals surface area (Å²) in [5.41, 5.74) is 0.0670. The summed E-state index contributed by atoms with van der Waals surface area (Å²) < 4.78 is 6.12. The number of hydrogen-bond donors (Lipinski definition) is 2. The number of carbonyl (C=O) groups is 1. The Morgan fingerprint density at radius 2 is 2.00 bits per heavy atom. The summed E-state index contributed by atoms with van der Waals surface area (Å²) in [6, 6.07) is 3.78. The smallest absolute Gasteiger partial charge is 0.233 e. The van der Waals surface area contributed by atoms with Crippen LogP contribution in [0.25, 0.3) is 0 Å². The van der Waals surface area contributed by atoms with Crippen LogP contribution in [0.3, 0.4) is 0 Å². The van der Waals surface area contributed by atoms with Crippen molar-refractivity contribution in [2.24, 2.45) is 17.8 Å². The number of anilines is 1. The molecule has 2 aromatic rings. The molecule has 8 heteroatoms. The Bertz CT molecular complexity index is 800. The molecule has 28 heavy (non-hydrogen) atoms. The topological polar surface area (TPSA) is 80.1 Å². The Kier molecular flexibility index (Phi) is 4.87. The van der Waals surface area contributed by atoms with E-state index in [1.54, 1.807) is 6.26 Å². The molecule has 4 fully saturated rings. The van der Waals surface area contributed by atoms with Gasteiger partial charge in [-0.05, 0) is 75.3 Å². The first kappa shape index (κ1) is 18.5. The van der Waals surface area contributed by atoms with E-state index in [0.717, 1.165) is 33.0 Å². The Hall–Kier alpha value is -1.54. The third-order valence-electron chi connectivity index (χ3n) is 6.47. The number of carbonyl (C=O) groups excluding carboxylic acids is 1. The van der Waals surface area contributed by atoms with Crippen LogP contribution < -0.4 is 10.6 Å². The fraction of sp³-hybridized carbons (Fsp3) is 0.650. The molecular formula is C20H26N4O2S2. The zero-order valence-corrected chi connectivity index (χ0v) is 17.7. The molecule has 0 radical (unpaired) electrons. The molecule has 4 bridgehead atoms. The lowest BCUT2D eigenvalue weighted by atomic mass is 9.53. The fourth-order valence-corrected chi connectivity index (χ4v) is 7.63. The molecule has 1 amide bonds. The first-order chi connectivity index (χ1) is 13.6. The molecule has 6 nitrogen and oxygen atoms in total. The number of amides is 1. The number of nitrogens with zero attached hydrogens (tertiary/aromatic N) is 2. The summed E-state index contributed by atoms with van der Waals surface area (Å²) >= 11 is 2.97. The number of hydrogen-bond acceptors (Lipinski definition) is 7.